The van der Waals surface area contributed by atoms with Gasteiger partial charge in [0.1, 0.15) is 5.75 Å². The van der Waals surface area contributed by atoms with E-state index in [9.17, 15) is 4.79 Å². The maximum absolute atomic E-state index is 13.1. The first-order valence-corrected chi connectivity index (χ1v) is 8.36. The van der Waals surface area contributed by atoms with E-state index in [2.05, 4.69) is 5.32 Å². The standard InChI is InChI=1S/C21H16ClNO2/c1-25-15-12-10-14(11-13-15)23-20(24)21(22)18-8-4-2-6-16(18)17-7-3-5-9-19(17)21/h2-13H,1H3,(H,23,24). The van der Waals surface area contributed by atoms with Crippen molar-refractivity contribution in [3.8, 4) is 16.9 Å². The molecule has 4 heteroatoms. The molecule has 0 radical (unpaired) electrons. The molecule has 0 fully saturated rings. The SMILES string of the molecule is COc1ccc(NC(=O)C2(Cl)c3ccccc3-c3ccccc32)cc1. The third-order valence-electron chi connectivity index (χ3n) is 4.55. The van der Waals surface area contributed by atoms with Crippen LogP contribution in [0.3, 0.4) is 0 Å². The lowest BCUT2D eigenvalue weighted by Crippen LogP contribution is -2.34. The molecule has 0 heterocycles. The van der Waals surface area contributed by atoms with Gasteiger partial charge in [-0.25, -0.2) is 0 Å². The molecule has 0 aliphatic heterocycles. The van der Waals surface area contributed by atoms with Gasteiger partial charge in [-0.1, -0.05) is 60.1 Å². The van der Waals surface area contributed by atoms with Gasteiger partial charge < -0.3 is 10.1 Å². The first-order valence-electron chi connectivity index (χ1n) is 7.98. The van der Waals surface area contributed by atoms with Crippen LogP contribution in [0.4, 0.5) is 5.69 Å². The van der Waals surface area contributed by atoms with Crippen molar-refractivity contribution in [3.05, 3.63) is 83.9 Å². The Labute approximate surface area is 151 Å². The molecule has 0 aromatic heterocycles. The summed E-state index contributed by atoms with van der Waals surface area (Å²) in [4.78, 5) is 11.9. The largest absolute Gasteiger partial charge is 0.497 e. The number of benzene rings is 3. The van der Waals surface area contributed by atoms with Crippen molar-refractivity contribution in [1.29, 1.82) is 0 Å². The van der Waals surface area contributed by atoms with Crippen LogP contribution in [0.1, 0.15) is 11.1 Å². The van der Waals surface area contributed by atoms with Gasteiger partial charge in [0.2, 0.25) is 0 Å². The Balaban J connectivity index is 1.76. The molecular weight excluding hydrogens is 334 g/mol. The average molecular weight is 350 g/mol. The summed E-state index contributed by atoms with van der Waals surface area (Å²) in [7, 11) is 1.60. The molecule has 0 unspecified atom stereocenters. The highest BCUT2D eigenvalue weighted by Gasteiger charge is 2.47. The van der Waals surface area contributed by atoms with Crippen LogP contribution in [0, 0.1) is 0 Å². The fourth-order valence-electron chi connectivity index (χ4n) is 3.32. The molecule has 3 aromatic rings. The van der Waals surface area contributed by atoms with Crippen molar-refractivity contribution in [2.75, 3.05) is 12.4 Å². The van der Waals surface area contributed by atoms with Gasteiger partial charge in [0.15, 0.2) is 4.87 Å². The summed E-state index contributed by atoms with van der Waals surface area (Å²) >= 11 is 6.95. The number of ether oxygens (including phenoxy) is 1. The highest BCUT2D eigenvalue weighted by molar-refractivity contribution is 6.40. The number of fused-ring (bicyclic) bond motifs is 3. The van der Waals surface area contributed by atoms with Crippen molar-refractivity contribution < 1.29 is 9.53 Å². The average Bonchev–Trinajstić information content (AvgIpc) is 2.93. The highest BCUT2D eigenvalue weighted by Crippen LogP contribution is 2.51. The van der Waals surface area contributed by atoms with Crippen molar-refractivity contribution in [2.45, 2.75) is 4.87 Å². The van der Waals surface area contributed by atoms with Crippen molar-refractivity contribution >= 4 is 23.2 Å². The fourth-order valence-corrected chi connectivity index (χ4v) is 3.69. The number of rotatable bonds is 3. The van der Waals surface area contributed by atoms with Gasteiger partial charge in [-0.15, -0.1) is 0 Å². The lowest BCUT2D eigenvalue weighted by atomic mass is 9.94. The lowest BCUT2D eigenvalue weighted by molar-refractivity contribution is -0.117. The van der Waals surface area contributed by atoms with E-state index in [-0.39, 0.29) is 5.91 Å². The van der Waals surface area contributed by atoms with Gasteiger partial charge in [-0.05, 0) is 46.5 Å². The van der Waals surface area contributed by atoms with E-state index in [1.165, 1.54) is 0 Å². The molecule has 4 rings (SSSR count). The van der Waals surface area contributed by atoms with Gasteiger partial charge in [0, 0.05) is 5.69 Å². The Morgan fingerprint density at radius 3 is 1.92 bits per heavy atom. The van der Waals surface area contributed by atoms with E-state index in [1.807, 2.05) is 48.5 Å². The third kappa shape index (κ3) is 2.39. The Morgan fingerprint density at radius 2 is 1.40 bits per heavy atom. The molecule has 25 heavy (non-hydrogen) atoms. The monoisotopic (exact) mass is 349 g/mol. The number of anilines is 1. The van der Waals surface area contributed by atoms with E-state index < -0.39 is 4.87 Å². The molecule has 0 atom stereocenters. The van der Waals surface area contributed by atoms with Crippen molar-refractivity contribution in [2.24, 2.45) is 0 Å². The second-order valence-electron chi connectivity index (χ2n) is 5.93. The van der Waals surface area contributed by atoms with E-state index >= 15 is 0 Å². The van der Waals surface area contributed by atoms with Crippen LogP contribution < -0.4 is 10.1 Å². The number of hydrogen-bond donors (Lipinski definition) is 1. The van der Waals surface area contributed by atoms with Gasteiger partial charge in [0.25, 0.3) is 5.91 Å². The topological polar surface area (TPSA) is 38.3 Å². The molecule has 0 saturated heterocycles. The maximum atomic E-state index is 13.1. The maximum Gasteiger partial charge on any atom is 0.254 e. The highest BCUT2D eigenvalue weighted by atomic mass is 35.5. The Kier molecular flexibility index (Phi) is 3.74. The second kappa shape index (κ2) is 5.94. The molecule has 1 aliphatic carbocycles. The van der Waals surface area contributed by atoms with Crippen LogP contribution in [0.5, 0.6) is 5.75 Å². The molecular formula is C21H16ClNO2. The minimum Gasteiger partial charge on any atom is -0.497 e. The fraction of sp³-hybridized carbons (Fsp3) is 0.0952. The summed E-state index contributed by atoms with van der Waals surface area (Å²) in [5, 5.41) is 2.93. The van der Waals surface area contributed by atoms with E-state index in [0.717, 1.165) is 28.0 Å². The first kappa shape index (κ1) is 15.7. The number of carbonyl (C=O) groups excluding carboxylic acids is 1. The summed E-state index contributed by atoms with van der Waals surface area (Å²) in [5.41, 5.74) is 4.29. The van der Waals surface area contributed by atoms with Crippen LogP contribution in [0.25, 0.3) is 11.1 Å². The van der Waals surface area contributed by atoms with Gasteiger partial charge in [0.05, 0.1) is 7.11 Å². The minimum atomic E-state index is -1.24. The molecule has 124 valence electrons. The van der Waals surface area contributed by atoms with Crippen molar-refractivity contribution in [3.63, 3.8) is 0 Å². The number of nitrogens with one attached hydrogen (secondary N) is 1. The first-order chi connectivity index (χ1) is 12.1. The molecule has 1 aliphatic rings. The quantitative estimate of drug-likeness (QED) is 0.690. The predicted octanol–water partition coefficient (Wildman–Crippen LogP) is 4.80. The number of methoxy groups -OCH3 is 1. The summed E-state index contributed by atoms with van der Waals surface area (Å²) in [5.74, 6) is 0.465. The Bertz CT molecular complexity index is 905. The smallest absolute Gasteiger partial charge is 0.254 e. The van der Waals surface area contributed by atoms with Crippen LogP contribution >= 0.6 is 11.6 Å². The molecule has 1 amide bonds. The predicted molar refractivity (Wildman–Crippen MR) is 100 cm³/mol. The van der Waals surface area contributed by atoms with Crippen LogP contribution in [0.2, 0.25) is 0 Å². The van der Waals surface area contributed by atoms with Gasteiger partial charge in [-0.2, -0.15) is 0 Å². The third-order valence-corrected chi connectivity index (χ3v) is 5.13. The zero-order valence-corrected chi connectivity index (χ0v) is 14.4. The zero-order chi connectivity index (χ0) is 17.4. The molecule has 0 bridgehead atoms. The molecule has 0 spiro atoms. The number of carbonyl (C=O) groups is 1. The number of amides is 1. The lowest BCUT2D eigenvalue weighted by Gasteiger charge is -2.23. The Hall–Kier alpha value is -2.78. The Morgan fingerprint density at radius 1 is 0.880 bits per heavy atom. The van der Waals surface area contributed by atoms with E-state index in [1.54, 1.807) is 31.4 Å². The van der Waals surface area contributed by atoms with Crippen LogP contribution in [0.15, 0.2) is 72.8 Å². The van der Waals surface area contributed by atoms with Crippen molar-refractivity contribution in [1.82, 2.24) is 0 Å². The van der Waals surface area contributed by atoms with E-state index in [0.29, 0.717) is 5.69 Å². The molecule has 3 aromatic carbocycles. The number of halogens is 1. The number of hydrogen-bond acceptors (Lipinski definition) is 2. The summed E-state index contributed by atoms with van der Waals surface area (Å²) < 4.78 is 5.15. The zero-order valence-electron chi connectivity index (χ0n) is 13.6. The number of alkyl halides is 1. The summed E-state index contributed by atoms with van der Waals surface area (Å²) in [6.07, 6.45) is 0. The summed E-state index contributed by atoms with van der Waals surface area (Å²) in [6, 6.07) is 22.7. The summed E-state index contributed by atoms with van der Waals surface area (Å²) in [6.45, 7) is 0. The van der Waals surface area contributed by atoms with Crippen LogP contribution in [-0.2, 0) is 9.67 Å². The second-order valence-corrected chi connectivity index (χ2v) is 6.50. The molecule has 0 saturated carbocycles. The van der Waals surface area contributed by atoms with Gasteiger partial charge >= 0.3 is 0 Å². The van der Waals surface area contributed by atoms with Gasteiger partial charge in [-0.3, -0.25) is 4.79 Å². The molecule has 1 N–H and O–H groups in total. The van der Waals surface area contributed by atoms with Crippen LogP contribution in [-0.4, -0.2) is 13.0 Å². The van der Waals surface area contributed by atoms with E-state index in [4.69, 9.17) is 16.3 Å². The molecule has 3 nitrogen and oxygen atoms in total. The normalized spacial score (nSPS) is 13.7. The minimum absolute atomic E-state index is 0.267.